The van der Waals surface area contributed by atoms with Gasteiger partial charge in [-0.05, 0) is 44.1 Å². The fourth-order valence-electron chi connectivity index (χ4n) is 2.65. The minimum Gasteiger partial charge on any atom is -0.385 e. The van der Waals surface area contributed by atoms with Gasteiger partial charge in [-0.15, -0.1) is 6.58 Å². The lowest BCUT2D eigenvalue weighted by Gasteiger charge is -2.40. The van der Waals surface area contributed by atoms with Crippen molar-refractivity contribution < 1.29 is 5.11 Å². The number of hydrogen-bond acceptors (Lipinski definition) is 1. The Morgan fingerprint density at radius 2 is 2.00 bits per heavy atom. The van der Waals surface area contributed by atoms with E-state index in [0.29, 0.717) is 5.92 Å². The first-order valence-electron chi connectivity index (χ1n) is 6.48. The third kappa shape index (κ3) is 2.40. The summed E-state index contributed by atoms with van der Waals surface area (Å²) in [5, 5.41) is 10.9. The topological polar surface area (TPSA) is 20.2 Å². The Hall–Kier alpha value is -0.560. The molecule has 0 heterocycles. The Kier molecular flexibility index (Phi) is 4.37. The van der Waals surface area contributed by atoms with Crippen LogP contribution >= 0.6 is 0 Å². The Morgan fingerprint density at radius 1 is 1.38 bits per heavy atom. The van der Waals surface area contributed by atoms with E-state index in [-0.39, 0.29) is 5.92 Å². The fraction of sp³-hybridized carbons (Fsp3) is 0.733. The Morgan fingerprint density at radius 3 is 2.50 bits per heavy atom. The molecule has 1 nitrogen and oxygen atoms in total. The van der Waals surface area contributed by atoms with E-state index in [9.17, 15) is 5.11 Å². The zero-order chi connectivity index (χ0) is 12.3. The molecule has 92 valence electrons. The van der Waals surface area contributed by atoms with E-state index in [4.69, 9.17) is 0 Å². The molecule has 0 aromatic heterocycles. The largest absolute Gasteiger partial charge is 0.385 e. The zero-order valence-electron chi connectivity index (χ0n) is 11.2. The van der Waals surface area contributed by atoms with E-state index in [0.717, 1.165) is 19.3 Å². The molecule has 0 aromatic rings. The number of rotatable bonds is 3. The molecule has 0 amide bonds. The third-order valence-electron chi connectivity index (χ3n) is 4.21. The molecular weight excluding hydrogens is 196 g/mol. The van der Waals surface area contributed by atoms with Crippen molar-refractivity contribution in [2.24, 2.45) is 11.8 Å². The first kappa shape index (κ1) is 13.5. The third-order valence-corrected chi connectivity index (χ3v) is 4.21. The molecule has 1 heteroatoms. The van der Waals surface area contributed by atoms with Crippen LogP contribution in [0.25, 0.3) is 0 Å². The number of allylic oxidation sites excluding steroid dienone is 1. The van der Waals surface area contributed by atoms with Crippen LogP contribution in [-0.4, -0.2) is 10.7 Å². The van der Waals surface area contributed by atoms with Crippen LogP contribution < -0.4 is 0 Å². The molecule has 0 spiro atoms. The van der Waals surface area contributed by atoms with Gasteiger partial charge in [0.1, 0.15) is 0 Å². The van der Waals surface area contributed by atoms with Gasteiger partial charge >= 0.3 is 0 Å². The smallest absolute Gasteiger partial charge is 0.0918 e. The Labute approximate surface area is 100 Å². The summed E-state index contributed by atoms with van der Waals surface area (Å²) < 4.78 is 0. The summed E-state index contributed by atoms with van der Waals surface area (Å²) in [6.45, 7) is 12.5. The second kappa shape index (κ2) is 5.18. The van der Waals surface area contributed by atoms with E-state index in [2.05, 4.69) is 34.3 Å². The highest BCUT2D eigenvalue weighted by Gasteiger charge is 2.38. The van der Waals surface area contributed by atoms with Crippen LogP contribution in [0.1, 0.15) is 53.4 Å². The van der Waals surface area contributed by atoms with Gasteiger partial charge in [0, 0.05) is 5.92 Å². The van der Waals surface area contributed by atoms with Gasteiger partial charge < -0.3 is 5.11 Å². The molecule has 0 aromatic carbocycles. The number of hydrogen-bond donors (Lipinski definition) is 1. The van der Waals surface area contributed by atoms with Crippen molar-refractivity contribution in [3.8, 4) is 0 Å². The number of aliphatic hydroxyl groups is 1. The van der Waals surface area contributed by atoms with Crippen LogP contribution in [-0.2, 0) is 0 Å². The monoisotopic (exact) mass is 222 g/mol. The van der Waals surface area contributed by atoms with E-state index in [1.54, 1.807) is 0 Å². The predicted octanol–water partition coefficient (Wildman–Crippen LogP) is 4.09. The summed E-state index contributed by atoms with van der Waals surface area (Å²) in [4.78, 5) is 0. The highest BCUT2D eigenvalue weighted by molar-refractivity contribution is 5.28. The Balaban J connectivity index is 3.13. The maximum absolute atomic E-state index is 10.9. The molecule has 0 aliphatic heterocycles. The zero-order valence-corrected chi connectivity index (χ0v) is 11.2. The SMILES string of the molecule is C=C[C@@H](C)[C@@]1(O)CCCC/C1=C(/C)C(C)C. The van der Waals surface area contributed by atoms with Gasteiger partial charge in [-0.1, -0.05) is 32.4 Å². The summed E-state index contributed by atoms with van der Waals surface area (Å²) >= 11 is 0. The van der Waals surface area contributed by atoms with Crippen molar-refractivity contribution in [1.29, 1.82) is 0 Å². The lowest BCUT2D eigenvalue weighted by molar-refractivity contribution is 0.0166. The van der Waals surface area contributed by atoms with Crippen molar-refractivity contribution in [3.05, 3.63) is 23.8 Å². The molecule has 2 atom stereocenters. The molecule has 0 bridgehead atoms. The quantitative estimate of drug-likeness (QED) is 0.713. The molecule has 0 unspecified atom stereocenters. The van der Waals surface area contributed by atoms with Gasteiger partial charge in [0.15, 0.2) is 0 Å². The summed E-state index contributed by atoms with van der Waals surface area (Å²) in [6.07, 6.45) is 6.17. The van der Waals surface area contributed by atoms with Crippen molar-refractivity contribution in [2.45, 2.75) is 59.0 Å². The van der Waals surface area contributed by atoms with E-state index in [1.165, 1.54) is 17.6 Å². The van der Waals surface area contributed by atoms with Gasteiger partial charge in [0.2, 0.25) is 0 Å². The van der Waals surface area contributed by atoms with E-state index < -0.39 is 5.60 Å². The lowest BCUT2D eigenvalue weighted by Crippen LogP contribution is -2.41. The summed E-state index contributed by atoms with van der Waals surface area (Å²) in [5.41, 5.74) is 2.02. The molecule has 0 saturated heterocycles. The molecule has 1 saturated carbocycles. The first-order valence-corrected chi connectivity index (χ1v) is 6.48. The lowest BCUT2D eigenvalue weighted by atomic mass is 9.70. The van der Waals surface area contributed by atoms with Crippen LogP contribution in [0, 0.1) is 11.8 Å². The standard InChI is InChI=1S/C15H26O/c1-6-12(4)15(16)10-8-7-9-14(15)13(5)11(2)3/h6,11-12,16H,1,7-10H2,2-5H3/b14-13+/t12-,15+/m1/s1. The van der Waals surface area contributed by atoms with Crippen molar-refractivity contribution in [1.82, 2.24) is 0 Å². The van der Waals surface area contributed by atoms with Crippen molar-refractivity contribution in [2.75, 3.05) is 0 Å². The minimum atomic E-state index is -0.631. The summed E-state index contributed by atoms with van der Waals surface area (Å²) in [6, 6.07) is 0. The van der Waals surface area contributed by atoms with Crippen LogP contribution in [0.15, 0.2) is 23.8 Å². The van der Waals surface area contributed by atoms with E-state index >= 15 is 0 Å². The molecule has 1 fully saturated rings. The molecule has 1 aliphatic rings. The van der Waals surface area contributed by atoms with Crippen molar-refractivity contribution in [3.63, 3.8) is 0 Å². The molecule has 0 radical (unpaired) electrons. The fourth-order valence-corrected chi connectivity index (χ4v) is 2.65. The molecule has 1 N–H and O–H groups in total. The van der Waals surface area contributed by atoms with Crippen LogP contribution in [0.3, 0.4) is 0 Å². The van der Waals surface area contributed by atoms with Crippen LogP contribution in [0.2, 0.25) is 0 Å². The van der Waals surface area contributed by atoms with Crippen molar-refractivity contribution >= 4 is 0 Å². The minimum absolute atomic E-state index is 0.150. The maximum Gasteiger partial charge on any atom is 0.0918 e. The normalized spacial score (nSPS) is 31.4. The molecule has 16 heavy (non-hydrogen) atoms. The Bertz CT molecular complexity index is 288. The maximum atomic E-state index is 10.9. The summed E-state index contributed by atoms with van der Waals surface area (Å²) in [5.74, 6) is 0.674. The second-order valence-corrected chi connectivity index (χ2v) is 5.47. The van der Waals surface area contributed by atoms with Gasteiger partial charge in [-0.25, -0.2) is 0 Å². The van der Waals surface area contributed by atoms with Gasteiger partial charge in [0.25, 0.3) is 0 Å². The average Bonchev–Trinajstić information content (AvgIpc) is 2.27. The second-order valence-electron chi connectivity index (χ2n) is 5.47. The predicted molar refractivity (Wildman–Crippen MR) is 70.3 cm³/mol. The first-order chi connectivity index (χ1) is 7.43. The molecule has 1 rings (SSSR count). The van der Waals surface area contributed by atoms with Gasteiger partial charge in [-0.2, -0.15) is 0 Å². The molecule has 1 aliphatic carbocycles. The highest BCUT2D eigenvalue weighted by atomic mass is 16.3. The van der Waals surface area contributed by atoms with Crippen LogP contribution in [0.4, 0.5) is 0 Å². The average molecular weight is 222 g/mol. The van der Waals surface area contributed by atoms with Gasteiger partial charge in [-0.3, -0.25) is 0 Å². The summed E-state index contributed by atoms with van der Waals surface area (Å²) in [7, 11) is 0. The molecular formula is C15H26O. The van der Waals surface area contributed by atoms with Gasteiger partial charge in [0.05, 0.1) is 5.60 Å². The van der Waals surface area contributed by atoms with Crippen LogP contribution in [0.5, 0.6) is 0 Å². The highest BCUT2D eigenvalue weighted by Crippen LogP contribution is 2.41. The van der Waals surface area contributed by atoms with E-state index in [1.807, 2.05) is 6.08 Å².